The fourth-order valence-corrected chi connectivity index (χ4v) is 4.17. The summed E-state index contributed by atoms with van der Waals surface area (Å²) in [5.74, 6) is 0.458. The second-order valence-electron chi connectivity index (χ2n) is 5.18. The number of sulfonamides is 1. The molecule has 1 saturated carbocycles. The molecule has 3 N–H and O–H groups in total. The Labute approximate surface area is 125 Å². The van der Waals surface area contributed by atoms with Crippen molar-refractivity contribution in [3.63, 3.8) is 0 Å². The Bertz CT molecular complexity index is 585. The molecule has 0 atom stereocenters. The molecule has 0 bridgehead atoms. The fraction of sp³-hybridized carbons (Fsp3) is 0.571. The third-order valence-corrected chi connectivity index (χ3v) is 5.77. The Kier molecular flexibility index (Phi) is 5.08. The maximum absolute atomic E-state index is 12.8. The molecule has 0 radical (unpaired) electrons. The van der Waals surface area contributed by atoms with Gasteiger partial charge < -0.3 is 15.6 Å². The van der Waals surface area contributed by atoms with Crippen LogP contribution in [0.1, 0.15) is 25.7 Å². The summed E-state index contributed by atoms with van der Waals surface area (Å²) in [6.07, 6.45) is 3.22. The number of nitrogen functional groups attached to an aromatic ring is 1. The van der Waals surface area contributed by atoms with Crippen LogP contribution in [0.4, 0.5) is 5.69 Å². The average molecular weight is 314 g/mol. The van der Waals surface area contributed by atoms with E-state index in [0.29, 0.717) is 24.4 Å². The number of anilines is 1. The van der Waals surface area contributed by atoms with Crippen molar-refractivity contribution in [1.82, 2.24) is 4.31 Å². The van der Waals surface area contributed by atoms with Crippen LogP contribution in [0.2, 0.25) is 0 Å². The number of ether oxygens (including phenoxy) is 1. The number of nitrogens with two attached hydrogens (primary N) is 1. The smallest absolute Gasteiger partial charge is 0.243 e. The lowest BCUT2D eigenvalue weighted by atomic mass is 9.93. The van der Waals surface area contributed by atoms with Crippen LogP contribution in [0.3, 0.4) is 0 Å². The van der Waals surface area contributed by atoms with Gasteiger partial charge in [0.1, 0.15) is 5.75 Å². The van der Waals surface area contributed by atoms with Crippen molar-refractivity contribution in [1.29, 1.82) is 0 Å². The SMILES string of the molecule is COc1ccc(S(=O)(=O)N(CCCO)C2CCC2)cc1N. The quantitative estimate of drug-likeness (QED) is 0.738. The highest BCUT2D eigenvalue weighted by Gasteiger charge is 2.34. The number of hydrogen-bond donors (Lipinski definition) is 2. The zero-order valence-electron chi connectivity index (χ0n) is 12.2. The highest BCUT2D eigenvalue weighted by Crippen LogP contribution is 2.32. The maximum Gasteiger partial charge on any atom is 0.243 e. The lowest BCUT2D eigenvalue weighted by Crippen LogP contribution is -2.44. The third kappa shape index (κ3) is 3.30. The normalized spacial score (nSPS) is 16.0. The average Bonchev–Trinajstić information content (AvgIpc) is 2.40. The van der Waals surface area contributed by atoms with Crippen LogP contribution in [-0.2, 0) is 10.0 Å². The van der Waals surface area contributed by atoms with Crippen LogP contribution in [0, 0.1) is 0 Å². The van der Waals surface area contributed by atoms with Gasteiger partial charge in [-0.15, -0.1) is 0 Å². The summed E-state index contributed by atoms with van der Waals surface area (Å²) in [6, 6.07) is 4.53. The maximum atomic E-state index is 12.8. The molecule has 0 amide bonds. The van der Waals surface area contributed by atoms with Gasteiger partial charge >= 0.3 is 0 Å². The van der Waals surface area contributed by atoms with Gasteiger partial charge in [0.25, 0.3) is 0 Å². The highest BCUT2D eigenvalue weighted by molar-refractivity contribution is 7.89. The summed E-state index contributed by atoms with van der Waals surface area (Å²) in [6.45, 7) is 0.304. The first-order valence-electron chi connectivity index (χ1n) is 7.07. The third-order valence-electron chi connectivity index (χ3n) is 3.83. The number of aliphatic hydroxyl groups excluding tert-OH is 1. The van der Waals surface area contributed by atoms with Crippen molar-refractivity contribution >= 4 is 15.7 Å². The number of methoxy groups -OCH3 is 1. The number of aliphatic hydroxyl groups is 1. The van der Waals surface area contributed by atoms with Gasteiger partial charge in [0.15, 0.2) is 0 Å². The summed E-state index contributed by atoms with van der Waals surface area (Å²) >= 11 is 0. The van der Waals surface area contributed by atoms with Gasteiger partial charge in [-0.05, 0) is 37.5 Å². The molecule has 1 fully saturated rings. The van der Waals surface area contributed by atoms with E-state index in [4.69, 9.17) is 15.6 Å². The van der Waals surface area contributed by atoms with Gasteiger partial charge in [-0.3, -0.25) is 0 Å². The van der Waals surface area contributed by atoms with Crippen molar-refractivity contribution in [2.75, 3.05) is 26.0 Å². The highest BCUT2D eigenvalue weighted by atomic mass is 32.2. The minimum atomic E-state index is -3.59. The van der Waals surface area contributed by atoms with Gasteiger partial charge in [0.05, 0.1) is 17.7 Å². The van der Waals surface area contributed by atoms with Crippen LogP contribution in [-0.4, -0.2) is 44.1 Å². The van der Waals surface area contributed by atoms with Gasteiger partial charge in [-0.1, -0.05) is 6.42 Å². The van der Waals surface area contributed by atoms with Crippen molar-refractivity contribution in [2.45, 2.75) is 36.6 Å². The molecule has 0 spiro atoms. The summed E-state index contributed by atoms with van der Waals surface area (Å²) in [5.41, 5.74) is 6.10. The minimum Gasteiger partial charge on any atom is -0.495 e. The predicted octanol–water partition coefficient (Wildman–Crippen LogP) is 1.20. The Hall–Kier alpha value is -1.31. The van der Waals surface area contributed by atoms with Crippen molar-refractivity contribution in [3.8, 4) is 5.75 Å². The van der Waals surface area contributed by atoms with E-state index in [2.05, 4.69) is 0 Å². The Balaban J connectivity index is 2.30. The summed E-state index contributed by atoms with van der Waals surface area (Å²) in [7, 11) is -2.11. The molecule has 0 unspecified atom stereocenters. The first kappa shape index (κ1) is 16.1. The first-order chi connectivity index (χ1) is 10.0. The van der Waals surface area contributed by atoms with Crippen molar-refractivity contribution < 1.29 is 18.3 Å². The van der Waals surface area contributed by atoms with E-state index < -0.39 is 10.0 Å². The number of hydrogen-bond acceptors (Lipinski definition) is 5. The van der Waals surface area contributed by atoms with Crippen LogP contribution in [0.5, 0.6) is 5.75 Å². The van der Waals surface area contributed by atoms with E-state index in [0.717, 1.165) is 19.3 Å². The number of rotatable bonds is 7. The standard InChI is InChI=1S/C14H22N2O4S/c1-20-14-7-6-12(10-13(14)15)21(18,19)16(8-3-9-17)11-4-2-5-11/h6-7,10-11,17H,2-5,8-9,15H2,1H3. The number of nitrogens with zero attached hydrogens (tertiary/aromatic N) is 1. The van der Waals surface area contributed by atoms with Gasteiger partial charge in [-0.2, -0.15) is 4.31 Å². The fourth-order valence-electron chi connectivity index (χ4n) is 2.41. The summed E-state index contributed by atoms with van der Waals surface area (Å²) in [4.78, 5) is 0.172. The monoisotopic (exact) mass is 314 g/mol. The Morgan fingerprint density at radius 3 is 2.62 bits per heavy atom. The molecule has 21 heavy (non-hydrogen) atoms. The van der Waals surface area contributed by atoms with Gasteiger partial charge in [0, 0.05) is 19.2 Å². The minimum absolute atomic E-state index is 0.0243. The molecule has 2 rings (SSSR count). The summed E-state index contributed by atoms with van der Waals surface area (Å²) in [5, 5.41) is 8.98. The molecular formula is C14H22N2O4S. The second-order valence-corrected chi connectivity index (χ2v) is 7.07. The molecule has 0 aliphatic heterocycles. The van der Waals surface area contributed by atoms with Gasteiger partial charge in [-0.25, -0.2) is 8.42 Å². The summed E-state index contributed by atoms with van der Waals surface area (Å²) < 4.78 is 32.1. The molecule has 1 aliphatic rings. The van der Waals surface area contributed by atoms with E-state index in [1.165, 1.54) is 23.5 Å². The molecule has 7 heteroatoms. The molecule has 1 aromatic carbocycles. The van der Waals surface area contributed by atoms with E-state index in [1.54, 1.807) is 6.07 Å². The molecule has 1 aliphatic carbocycles. The van der Waals surface area contributed by atoms with E-state index in [1.807, 2.05) is 0 Å². The topological polar surface area (TPSA) is 92.9 Å². The van der Waals surface area contributed by atoms with Crippen LogP contribution in [0.25, 0.3) is 0 Å². The predicted molar refractivity (Wildman–Crippen MR) is 80.6 cm³/mol. The molecule has 0 saturated heterocycles. The van der Waals surface area contributed by atoms with E-state index in [9.17, 15) is 8.42 Å². The lowest BCUT2D eigenvalue weighted by Gasteiger charge is -2.36. The van der Waals surface area contributed by atoms with Crippen LogP contribution < -0.4 is 10.5 Å². The Morgan fingerprint density at radius 1 is 1.43 bits per heavy atom. The largest absolute Gasteiger partial charge is 0.495 e. The van der Waals surface area contributed by atoms with Crippen LogP contribution in [0.15, 0.2) is 23.1 Å². The molecule has 0 aromatic heterocycles. The molecule has 0 heterocycles. The van der Waals surface area contributed by atoms with E-state index >= 15 is 0 Å². The molecule has 1 aromatic rings. The zero-order chi connectivity index (χ0) is 15.5. The Morgan fingerprint density at radius 2 is 2.14 bits per heavy atom. The molecule has 6 nitrogen and oxygen atoms in total. The van der Waals surface area contributed by atoms with E-state index in [-0.39, 0.29) is 17.5 Å². The zero-order valence-corrected chi connectivity index (χ0v) is 13.0. The van der Waals surface area contributed by atoms with Crippen molar-refractivity contribution in [3.05, 3.63) is 18.2 Å². The number of benzene rings is 1. The van der Waals surface area contributed by atoms with Gasteiger partial charge in [0.2, 0.25) is 10.0 Å². The second kappa shape index (κ2) is 6.64. The van der Waals surface area contributed by atoms with Crippen LogP contribution >= 0.6 is 0 Å². The molecular weight excluding hydrogens is 292 g/mol. The molecule has 118 valence electrons. The lowest BCUT2D eigenvalue weighted by molar-refractivity contribution is 0.198. The van der Waals surface area contributed by atoms with Crippen molar-refractivity contribution in [2.24, 2.45) is 0 Å². The first-order valence-corrected chi connectivity index (χ1v) is 8.51.